The summed E-state index contributed by atoms with van der Waals surface area (Å²) in [6, 6.07) is 23.8. The van der Waals surface area contributed by atoms with Gasteiger partial charge in [-0.25, -0.2) is 0 Å². The first-order valence-electron chi connectivity index (χ1n) is 14.3. The van der Waals surface area contributed by atoms with E-state index in [2.05, 4.69) is 16.0 Å². The van der Waals surface area contributed by atoms with Crippen LogP contribution in [0.2, 0.25) is 0 Å². The number of anilines is 3. The van der Waals surface area contributed by atoms with Gasteiger partial charge in [-0.05, 0) is 67.2 Å². The van der Waals surface area contributed by atoms with Crippen LogP contribution in [0.5, 0.6) is 5.75 Å². The number of para-hydroxylation sites is 2. The molecule has 4 amide bonds. The number of methoxy groups -OCH3 is 1. The molecule has 45 heavy (non-hydrogen) atoms. The molecule has 4 aromatic carbocycles. The minimum absolute atomic E-state index is 0. The van der Waals surface area contributed by atoms with E-state index in [1.165, 1.54) is 11.8 Å². The Morgan fingerprint density at radius 1 is 0.933 bits per heavy atom. The molecule has 0 spiro atoms. The van der Waals surface area contributed by atoms with Crippen LogP contribution in [0.4, 0.5) is 17.1 Å². The molecule has 1 heterocycles. The van der Waals surface area contributed by atoms with Crippen LogP contribution in [0.3, 0.4) is 0 Å². The molecule has 2 unspecified atom stereocenters. The Labute approximate surface area is 268 Å². The highest BCUT2D eigenvalue weighted by atomic mass is 35.5. The Hall–Kier alpha value is -4.93. The monoisotopic (exact) mass is 629 g/mol. The number of likely N-dealkylation sites (N-methyl/N-ethyl adjacent to an activating group) is 1. The molecule has 0 saturated heterocycles. The summed E-state index contributed by atoms with van der Waals surface area (Å²) in [5, 5.41) is 10.4. The average Bonchev–Trinajstić information content (AvgIpc) is 3.14. The molecular formula is C34H36ClN5O5. The predicted octanol–water partition coefficient (Wildman–Crippen LogP) is 4.51. The van der Waals surface area contributed by atoms with E-state index in [1.807, 2.05) is 48.5 Å². The maximum absolute atomic E-state index is 14.4. The summed E-state index contributed by atoms with van der Waals surface area (Å²) in [6.45, 7) is 3.16. The van der Waals surface area contributed by atoms with Gasteiger partial charge < -0.3 is 30.5 Å². The molecule has 0 saturated carbocycles. The number of nitrogens with zero attached hydrogens (tertiary/aromatic N) is 2. The topological polar surface area (TPSA) is 120 Å². The first-order valence-corrected chi connectivity index (χ1v) is 14.3. The van der Waals surface area contributed by atoms with Crippen LogP contribution in [0.15, 0.2) is 84.9 Å². The first kappa shape index (κ1) is 33.0. The maximum Gasteiger partial charge on any atom is 0.258 e. The summed E-state index contributed by atoms with van der Waals surface area (Å²) in [7, 11) is 3.25. The fraction of sp³-hybridized carbons (Fsp3) is 0.235. The van der Waals surface area contributed by atoms with Crippen LogP contribution in [-0.2, 0) is 20.9 Å². The predicted molar refractivity (Wildman–Crippen MR) is 178 cm³/mol. The fourth-order valence-electron chi connectivity index (χ4n) is 5.36. The number of fused-ring (bicyclic) bond motifs is 2. The summed E-state index contributed by atoms with van der Waals surface area (Å²) in [6.07, 6.45) is 0. The van der Waals surface area contributed by atoms with Crippen molar-refractivity contribution in [2.75, 3.05) is 35.8 Å². The van der Waals surface area contributed by atoms with Crippen molar-refractivity contribution in [1.29, 1.82) is 0 Å². The van der Waals surface area contributed by atoms with Gasteiger partial charge in [0.25, 0.3) is 11.8 Å². The molecule has 0 aliphatic carbocycles. The largest absolute Gasteiger partial charge is 0.496 e. The van der Waals surface area contributed by atoms with Gasteiger partial charge in [0.1, 0.15) is 11.8 Å². The highest BCUT2D eigenvalue weighted by Crippen LogP contribution is 2.37. The second-order valence-electron chi connectivity index (χ2n) is 10.6. The third-order valence-electron chi connectivity index (χ3n) is 7.77. The third kappa shape index (κ3) is 6.92. The van der Waals surface area contributed by atoms with Crippen molar-refractivity contribution >= 4 is 63.9 Å². The van der Waals surface area contributed by atoms with E-state index in [9.17, 15) is 19.2 Å². The Balaban J connectivity index is 0.00000461. The molecule has 0 bridgehead atoms. The number of carbonyl (C=O) groups excluding carboxylic acids is 4. The Kier molecular flexibility index (Phi) is 10.4. The lowest BCUT2D eigenvalue weighted by molar-refractivity contribution is -0.128. The van der Waals surface area contributed by atoms with E-state index in [0.29, 0.717) is 28.4 Å². The molecule has 5 rings (SSSR count). The van der Waals surface area contributed by atoms with Gasteiger partial charge in [-0.1, -0.05) is 42.5 Å². The Morgan fingerprint density at radius 2 is 1.60 bits per heavy atom. The lowest BCUT2D eigenvalue weighted by Gasteiger charge is -2.27. The zero-order chi connectivity index (χ0) is 31.4. The van der Waals surface area contributed by atoms with Crippen LogP contribution in [0.25, 0.3) is 10.8 Å². The zero-order valence-electron chi connectivity index (χ0n) is 25.5. The fourth-order valence-corrected chi connectivity index (χ4v) is 5.36. The molecule has 0 fully saturated rings. The molecule has 0 radical (unpaired) electrons. The number of rotatable bonds is 8. The summed E-state index contributed by atoms with van der Waals surface area (Å²) < 4.78 is 5.73. The van der Waals surface area contributed by atoms with Crippen molar-refractivity contribution in [3.8, 4) is 5.75 Å². The molecule has 11 heteroatoms. The van der Waals surface area contributed by atoms with E-state index in [1.54, 1.807) is 62.4 Å². The molecule has 234 valence electrons. The number of ether oxygens (including phenoxy) is 1. The highest BCUT2D eigenvalue weighted by Gasteiger charge is 2.38. The van der Waals surface area contributed by atoms with Gasteiger partial charge in [0.15, 0.2) is 0 Å². The van der Waals surface area contributed by atoms with Gasteiger partial charge in [0.2, 0.25) is 11.8 Å². The standard InChI is InChI=1S/C34H35N5O5.ClH/c1-21(35-3)32(41)37-28-20-39(33(42)24-13-16-25(17-14-24)36-22(2)40)30-12-8-7-11-29(30)38(34(28)43)19-27-26-10-6-5-9-23(26)15-18-31(27)44-4;/h5-18,21,28,35H,19-20H2,1-4H3,(H,36,40)(H,37,41);1H. The normalized spacial score (nSPS) is 14.9. The van der Waals surface area contributed by atoms with Crippen LogP contribution >= 0.6 is 12.4 Å². The number of halogens is 1. The number of amides is 4. The zero-order valence-corrected chi connectivity index (χ0v) is 26.3. The molecule has 4 aromatic rings. The average molecular weight is 630 g/mol. The highest BCUT2D eigenvalue weighted by molar-refractivity contribution is 6.13. The Bertz CT molecular complexity index is 1730. The van der Waals surface area contributed by atoms with Crippen LogP contribution < -0.4 is 30.5 Å². The van der Waals surface area contributed by atoms with Gasteiger partial charge in [-0.2, -0.15) is 0 Å². The van der Waals surface area contributed by atoms with Gasteiger partial charge in [-0.15, -0.1) is 12.4 Å². The van der Waals surface area contributed by atoms with Gasteiger partial charge in [-0.3, -0.25) is 19.2 Å². The van der Waals surface area contributed by atoms with Crippen molar-refractivity contribution in [3.63, 3.8) is 0 Å². The van der Waals surface area contributed by atoms with E-state index in [0.717, 1.165) is 16.3 Å². The van der Waals surface area contributed by atoms with Crippen LogP contribution in [-0.4, -0.2) is 56.4 Å². The number of carbonyl (C=O) groups is 4. The summed E-state index contributed by atoms with van der Waals surface area (Å²) >= 11 is 0. The second kappa shape index (κ2) is 14.2. The van der Waals surface area contributed by atoms with Gasteiger partial charge in [0.05, 0.1) is 37.6 Å². The number of hydrogen-bond acceptors (Lipinski definition) is 6. The molecule has 1 aliphatic heterocycles. The smallest absolute Gasteiger partial charge is 0.258 e. The lowest BCUT2D eigenvalue weighted by Crippen LogP contribution is -2.55. The number of benzene rings is 4. The van der Waals surface area contributed by atoms with Crippen molar-refractivity contribution in [1.82, 2.24) is 10.6 Å². The van der Waals surface area contributed by atoms with Gasteiger partial charge >= 0.3 is 0 Å². The first-order chi connectivity index (χ1) is 21.2. The van der Waals surface area contributed by atoms with E-state index < -0.39 is 12.1 Å². The molecule has 10 nitrogen and oxygen atoms in total. The molecule has 3 N–H and O–H groups in total. The summed E-state index contributed by atoms with van der Waals surface area (Å²) in [5.41, 5.74) is 2.76. The quantitative estimate of drug-likeness (QED) is 0.264. The third-order valence-corrected chi connectivity index (χ3v) is 7.77. The molecular weight excluding hydrogens is 594 g/mol. The lowest BCUT2D eigenvalue weighted by atomic mass is 10.0. The molecule has 1 aliphatic rings. The second-order valence-corrected chi connectivity index (χ2v) is 10.6. The van der Waals surface area contributed by atoms with Crippen molar-refractivity contribution in [2.45, 2.75) is 32.5 Å². The van der Waals surface area contributed by atoms with E-state index >= 15 is 0 Å². The van der Waals surface area contributed by atoms with Crippen LogP contribution in [0.1, 0.15) is 29.8 Å². The minimum atomic E-state index is -1.05. The SMILES string of the molecule is CNC(C)C(=O)NC1CN(C(=O)c2ccc(NC(C)=O)cc2)c2ccccc2N(Cc2c(OC)ccc3ccccc23)C1=O.Cl. The van der Waals surface area contributed by atoms with E-state index in [4.69, 9.17) is 4.74 Å². The molecule has 0 aromatic heterocycles. The van der Waals surface area contributed by atoms with Crippen molar-refractivity contribution < 1.29 is 23.9 Å². The minimum Gasteiger partial charge on any atom is -0.496 e. The van der Waals surface area contributed by atoms with Crippen LogP contribution in [0, 0.1) is 0 Å². The molecule has 2 atom stereocenters. The van der Waals surface area contributed by atoms with Crippen molar-refractivity contribution in [3.05, 3.63) is 96.1 Å². The summed E-state index contributed by atoms with van der Waals surface area (Å²) in [4.78, 5) is 56.2. The maximum atomic E-state index is 14.4. The van der Waals surface area contributed by atoms with E-state index in [-0.39, 0.29) is 49.1 Å². The van der Waals surface area contributed by atoms with Crippen molar-refractivity contribution in [2.24, 2.45) is 0 Å². The van der Waals surface area contributed by atoms with Gasteiger partial charge in [0, 0.05) is 23.7 Å². The Morgan fingerprint density at radius 3 is 2.27 bits per heavy atom. The number of hydrogen-bond donors (Lipinski definition) is 3. The number of nitrogens with one attached hydrogen (secondary N) is 3. The summed E-state index contributed by atoms with van der Waals surface area (Å²) in [5.74, 6) is -0.687.